The van der Waals surface area contributed by atoms with E-state index in [1.165, 1.54) is 10.7 Å². The van der Waals surface area contributed by atoms with Crippen LogP contribution in [0.2, 0.25) is 0 Å². The standard InChI is InChI=1S/C15H20N6O2/c1-10-4-5-14(22)21(19-10)12-9-23-8-11(12)17-15-16-7-6-13(18-15)20(2)3/h4-7,11-12H,8-9H2,1-3H3,(H,16,17,18). The van der Waals surface area contributed by atoms with Gasteiger partial charge in [-0.05, 0) is 19.1 Å². The number of aryl methyl sites for hydroxylation is 1. The average Bonchev–Trinajstić information content (AvgIpc) is 2.98. The summed E-state index contributed by atoms with van der Waals surface area (Å²) in [5, 5.41) is 7.59. The molecule has 0 radical (unpaired) electrons. The molecule has 0 saturated carbocycles. The first-order chi connectivity index (χ1) is 11.0. The molecule has 23 heavy (non-hydrogen) atoms. The van der Waals surface area contributed by atoms with E-state index in [2.05, 4.69) is 20.4 Å². The van der Waals surface area contributed by atoms with Crippen LogP contribution in [0.1, 0.15) is 11.7 Å². The highest BCUT2D eigenvalue weighted by Gasteiger charge is 2.32. The lowest BCUT2D eigenvalue weighted by atomic mass is 10.2. The van der Waals surface area contributed by atoms with Gasteiger partial charge in [0.15, 0.2) is 0 Å². The van der Waals surface area contributed by atoms with E-state index in [0.29, 0.717) is 19.2 Å². The van der Waals surface area contributed by atoms with Crippen LogP contribution in [0.5, 0.6) is 0 Å². The first kappa shape index (κ1) is 15.4. The van der Waals surface area contributed by atoms with Crippen LogP contribution in [0.3, 0.4) is 0 Å². The van der Waals surface area contributed by atoms with Crippen molar-refractivity contribution >= 4 is 11.8 Å². The predicted octanol–water partition coefficient (Wildman–Crippen LogP) is 0.460. The molecule has 8 heteroatoms. The van der Waals surface area contributed by atoms with Crippen molar-refractivity contribution in [2.75, 3.05) is 37.5 Å². The highest BCUT2D eigenvalue weighted by molar-refractivity contribution is 5.41. The molecule has 0 aliphatic carbocycles. The van der Waals surface area contributed by atoms with Crippen molar-refractivity contribution in [3.8, 4) is 0 Å². The fourth-order valence-electron chi connectivity index (χ4n) is 2.51. The molecule has 1 N–H and O–H groups in total. The van der Waals surface area contributed by atoms with Gasteiger partial charge in [-0.15, -0.1) is 0 Å². The molecule has 8 nitrogen and oxygen atoms in total. The lowest BCUT2D eigenvalue weighted by Crippen LogP contribution is -2.37. The number of aromatic nitrogens is 4. The zero-order valence-corrected chi connectivity index (χ0v) is 13.4. The number of hydrogen-bond donors (Lipinski definition) is 1. The average molecular weight is 316 g/mol. The molecule has 0 spiro atoms. The molecule has 2 aromatic heterocycles. The normalized spacial score (nSPS) is 20.5. The van der Waals surface area contributed by atoms with Gasteiger partial charge in [-0.1, -0.05) is 0 Å². The van der Waals surface area contributed by atoms with Crippen molar-refractivity contribution < 1.29 is 4.74 Å². The number of rotatable bonds is 4. The summed E-state index contributed by atoms with van der Waals surface area (Å²) in [7, 11) is 3.84. The van der Waals surface area contributed by atoms with E-state index in [-0.39, 0.29) is 17.6 Å². The van der Waals surface area contributed by atoms with Gasteiger partial charge in [0.1, 0.15) is 11.9 Å². The second-order valence-electron chi connectivity index (χ2n) is 5.75. The quantitative estimate of drug-likeness (QED) is 0.877. The minimum atomic E-state index is -0.186. The van der Waals surface area contributed by atoms with Crippen molar-refractivity contribution in [3.05, 3.63) is 40.4 Å². The molecular weight excluding hydrogens is 296 g/mol. The van der Waals surface area contributed by atoms with Crippen LogP contribution in [0, 0.1) is 6.92 Å². The molecule has 0 bridgehead atoms. The van der Waals surface area contributed by atoms with Gasteiger partial charge in [0.05, 0.1) is 24.9 Å². The Hall–Kier alpha value is -2.48. The van der Waals surface area contributed by atoms with Gasteiger partial charge >= 0.3 is 0 Å². The van der Waals surface area contributed by atoms with Crippen molar-refractivity contribution in [2.24, 2.45) is 0 Å². The van der Waals surface area contributed by atoms with Crippen molar-refractivity contribution in [1.29, 1.82) is 0 Å². The van der Waals surface area contributed by atoms with Gasteiger partial charge in [0.25, 0.3) is 5.56 Å². The minimum Gasteiger partial charge on any atom is -0.377 e. The minimum absolute atomic E-state index is 0.112. The monoisotopic (exact) mass is 316 g/mol. The largest absolute Gasteiger partial charge is 0.377 e. The van der Waals surface area contributed by atoms with E-state index in [1.54, 1.807) is 12.3 Å². The molecule has 0 amide bonds. The van der Waals surface area contributed by atoms with Gasteiger partial charge in [-0.3, -0.25) is 4.79 Å². The van der Waals surface area contributed by atoms with E-state index in [4.69, 9.17) is 4.74 Å². The van der Waals surface area contributed by atoms with Gasteiger partial charge in [-0.2, -0.15) is 10.1 Å². The van der Waals surface area contributed by atoms with Crippen LogP contribution >= 0.6 is 0 Å². The Balaban J connectivity index is 1.83. The summed E-state index contributed by atoms with van der Waals surface area (Å²) >= 11 is 0. The summed E-state index contributed by atoms with van der Waals surface area (Å²) in [5.41, 5.74) is 0.655. The Labute approximate surface area is 134 Å². The van der Waals surface area contributed by atoms with Crippen LogP contribution < -0.4 is 15.8 Å². The molecule has 3 rings (SSSR count). The smallest absolute Gasteiger partial charge is 0.267 e. The number of ether oxygens (including phenoxy) is 1. The molecule has 1 fully saturated rings. The van der Waals surface area contributed by atoms with Crippen LogP contribution in [0.25, 0.3) is 0 Å². The molecule has 122 valence electrons. The summed E-state index contributed by atoms with van der Waals surface area (Å²) in [4.78, 5) is 22.7. The third-order valence-electron chi connectivity index (χ3n) is 3.74. The topological polar surface area (TPSA) is 85.2 Å². The molecule has 1 saturated heterocycles. The number of anilines is 2. The maximum Gasteiger partial charge on any atom is 0.267 e. The third-order valence-corrected chi connectivity index (χ3v) is 3.74. The predicted molar refractivity (Wildman–Crippen MR) is 86.9 cm³/mol. The summed E-state index contributed by atoms with van der Waals surface area (Å²) in [5.74, 6) is 1.32. The maximum absolute atomic E-state index is 12.1. The second kappa shape index (κ2) is 6.33. The summed E-state index contributed by atoms with van der Waals surface area (Å²) in [6.07, 6.45) is 1.70. The van der Waals surface area contributed by atoms with Crippen LogP contribution in [-0.4, -0.2) is 53.1 Å². The maximum atomic E-state index is 12.1. The van der Waals surface area contributed by atoms with Crippen LogP contribution in [0.15, 0.2) is 29.2 Å². The van der Waals surface area contributed by atoms with Crippen molar-refractivity contribution in [2.45, 2.75) is 19.0 Å². The first-order valence-corrected chi connectivity index (χ1v) is 7.46. The molecule has 3 heterocycles. The highest BCUT2D eigenvalue weighted by atomic mass is 16.5. The molecule has 2 atom stereocenters. The zero-order chi connectivity index (χ0) is 16.4. The number of hydrogen-bond acceptors (Lipinski definition) is 7. The summed E-state index contributed by atoms with van der Waals surface area (Å²) in [6, 6.07) is 4.77. The second-order valence-corrected chi connectivity index (χ2v) is 5.75. The molecule has 2 unspecified atom stereocenters. The summed E-state index contributed by atoms with van der Waals surface area (Å²) < 4.78 is 7.02. The van der Waals surface area contributed by atoms with Crippen LogP contribution in [-0.2, 0) is 4.74 Å². The van der Waals surface area contributed by atoms with Gasteiger partial charge in [0, 0.05) is 26.4 Å². The summed E-state index contributed by atoms with van der Waals surface area (Å²) in [6.45, 7) is 2.77. The number of nitrogens with one attached hydrogen (secondary N) is 1. The molecule has 1 aliphatic rings. The lowest BCUT2D eigenvalue weighted by molar-refractivity contribution is 0.182. The van der Waals surface area contributed by atoms with Crippen LogP contribution in [0.4, 0.5) is 11.8 Å². The molecule has 0 aromatic carbocycles. The van der Waals surface area contributed by atoms with E-state index in [0.717, 1.165) is 11.5 Å². The van der Waals surface area contributed by atoms with E-state index in [9.17, 15) is 4.79 Å². The van der Waals surface area contributed by atoms with E-state index in [1.807, 2.05) is 32.0 Å². The zero-order valence-electron chi connectivity index (χ0n) is 13.4. The Bertz CT molecular complexity index is 745. The molecular formula is C15H20N6O2. The SMILES string of the molecule is Cc1ccc(=O)n(C2COCC2Nc2nccc(N(C)C)n2)n1. The fraction of sp³-hybridized carbons (Fsp3) is 0.467. The Kier molecular flexibility index (Phi) is 4.24. The molecule has 1 aliphatic heterocycles. The van der Waals surface area contributed by atoms with Gasteiger partial charge in [0.2, 0.25) is 5.95 Å². The van der Waals surface area contributed by atoms with E-state index < -0.39 is 0 Å². The fourth-order valence-corrected chi connectivity index (χ4v) is 2.51. The number of nitrogens with zero attached hydrogens (tertiary/aromatic N) is 5. The lowest BCUT2D eigenvalue weighted by Gasteiger charge is -2.21. The van der Waals surface area contributed by atoms with Gasteiger partial charge in [-0.25, -0.2) is 9.67 Å². The van der Waals surface area contributed by atoms with Crippen molar-refractivity contribution in [1.82, 2.24) is 19.7 Å². The Morgan fingerprint density at radius 3 is 2.91 bits per heavy atom. The molecule has 2 aromatic rings. The Morgan fingerprint density at radius 2 is 2.13 bits per heavy atom. The van der Waals surface area contributed by atoms with Crippen molar-refractivity contribution in [3.63, 3.8) is 0 Å². The highest BCUT2D eigenvalue weighted by Crippen LogP contribution is 2.21. The van der Waals surface area contributed by atoms with E-state index >= 15 is 0 Å². The Morgan fingerprint density at radius 1 is 1.30 bits per heavy atom. The first-order valence-electron chi connectivity index (χ1n) is 7.46. The third kappa shape index (κ3) is 3.31. The van der Waals surface area contributed by atoms with Gasteiger partial charge < -0.3 is 15.0 Å².